The fourth-order valence-corrected chi connectivity index (χ4v) is 3.51. The van der Waals surface area contributed by atoms with Gasteiger partial charge < -0.3 is 29.4 Å². The van der Waals surface area contributed by atoms with Crippen molar-refractivity contribution in [1.29, 1.82) is 0 Å². The van der Waals surface area contributed by atoms with Crippen molar-refractivity contribution in [2.45, 2.75) is 26.2 Å². The Labute approximate surface area is 186 Å². The van der Waals surface area contributed by atoms with Crippen LogP contribution in [-0.2, 0) is 20.6 Å². The smallest absolute Gasteiger partial charge is 0.493 e. The second-order valence-corrected chi connectivity index (χ2v) is 7.08. The zero-order chi connectivity index (χ0) is 23.1. The Balaban J connectivity index is 1.97. The lowest BCUT2D eigenvalue weighted by molar-refractivity contribution is 0.0845. The van der Waals surface area contributed by atoms with Gasteiger partial charge in [0.1, 0.15) is 23.2 Å². The van der Waals surface area contributed by atoms with Crippen molar-refractivity contribution in [3.63, 3.8) is 0 Å². The number of para-hydroxylation sites is 1. The number of nitrogens with one attached hydrogen (secondary N) is 1. The van der Waals surface area contributed by atoms with Crippen LogP contribution in [0.25, 0.3) is 0 Å². The molecule has 0 aliphatic carbocycles. The van der Waals surface area contributed by atoms with E-state index in [0.29, 0.717) is 35.7 Å². The molecule has 0 fully saturated rings. The minimum atomic E-state index is -1.48. The molecule has 1 atom stereocenters. The third-order valence-corrected chi connectivity index (χ3v) is 4.92. The van der Waals surface area contributed by atoms with E-state index in [4.69, 9.17) is 14.2 Å². The molecule has 2 aromatic carbocycles. The summed E-state index contributed by atoms with van der Waals surface area (Å²) < 4.78 is 21.2. The average Bonchev–Trinajstić information content (AvgIpc) is 2.78. The van der Waals surface area contributed by atoms with Crippen LogP contribution in [0.3, 0.4) is 0 Å². The van der Waals surface area contributed by atoms with Gasteiger partial charge >= 0.3 is 12.3 Å². The van der Waals surface area contributed by atoms with Crippen molar-refractivity contribution in [1.82, 2.24) is 5.32 Å². The largest absolute Gasteiger partial charge is 0.513 e. The Kier molecular flexibility index (Phi) is 7.38. The zero-order valence-electron chi connectivity index (χ0n) is 18.1. The molecule has 0 bridgehead atoms. The van der Waals surface area contributed by atoms with Crippen LogP contribution in [0.15, 0.2) is 77.5 Å². The van der Waals surface area contributed by atoms with E-state index in [-0.39, 0.29) is 11.5 Å². The van der Waals surface area contributed by atoms with E-state index in [1.807, 2.05) is 36.4 Å². The molecule has 2 N–H and O–H groups in total. The van der Waals surface area contributed by atoms with Gasteiger partial charge in [-0.25, -0.2) is 9.59 Å². The molecule has 1 unspecified atom stereocenters. The number of ether oxygens (including phenoxy) is 4. The van der Waals surface area contributed by atoms with Crippen LogP contribution >= 0.6 is 0 Å². The van der Waals surface area contributed by atoms with E-state index in [1.165, 1.54) is 7.11 Å². The number of allylic oxidation sites excluding steroid dienone is 2. The summed E-state index contributed by atoms with van der Waals surface area (Å²) in [4.78, 5) is 23.3. The van der Waals surface area contributed by atoms with Gasteiger partial charge in [0.2, 0.25) is 0 Å². The molecule has 0 radical (unpaired) electrons. The lowest BCUT2D eigenvalue weighted by Crippen LogP contribution is -2.29. The maximum absolute atomic E-state index is 11.9. The third kappa shape index (κ3) is 5.40. The number of rotatable bonds is 7. The highest BCUT2D eigenvalue weighted by Crippen LogP contribution is 2.42. The first-order valence-electron chi connectivity index (χ1n) is 10.0. The topological polar surface area (TPSA) is 103 Å². The predicted octanol–water partition coefficient (Wildman–Crippen LogP) is 4.94. The van der Waals surface area contributed by atoms with Crippen molar-refractivity contribution in [3.05, 3.63) is 88.6 Å². The van der Waals surface area contributed by atoms with Crippen LogP contribution in [0.1, 0.15) is 30.9 Å². The number of hydrogen-bond donors (Lipinski definition) is 2. The fourth-order valence-electron chi connectivity index (χ4n) is 3.51. The normalized spacial score (nSPS) is 15.7. The second kappa shape index (κ2) is 10.4. The van der Waals surface area contributed by atoms with E-state index >= 15 is 0 Å². The van der Waals surface area contributed by atoms with Crippen molar-refractivity contribution < 1.29 is 33.6 Å². The van der Waals surface area contributed by atoms with Crippen molar-refractivity contribution >= 4 is 12.3 Å². The molecular formula is C24H25NO7. The maximum atomic E-state index is 11.9. The van der Waals surface area contributed by atoms with Gasteiger partial charge in [0.15, 0.2) is 0 Å². The van der Waals surface area contributed by atoms with Crippen molar-refractivity contribution in [3.8, 4) is 5.75 Å². The Morgan fingerprint density at radius 3 is 2.22 bits per heavy atom. The van der Waals surface area contributed by atoms with E-state index in [0.717, 1.165) is 5.56 Å². The molecule has 0 amide bonds. The number of hydrogen-bond acceptors (Lipinski definition) is 7. The fraction of sp³-hybridized carbons (Fsp3) is 0.250. The van der Waals surface area contributed by atoms with Crippen molar-refractivity contribution in [2.24, 2.45) is 0 Å². The number of dihydropyridines is 1. The highest BCUT2D eigenvalue weighted by molar-refractivity contribution is 5.64. The zero-order valence-corrected chi connectivity index (χ0v) is 18.1. The summed E-state index contributed by atoms with van der Waals surface area (Å²) in [5, 5.41) is 12.3. The number of carbonyl (C=O) groups excluding carboxylic acids is 1. The van der Waals surface area contributed by atoms with Gasteiger partial charge in [0.25, 0.3) is 0 Å². The highest BCUT2D eigenvalue weighted by atomic mass is 16.7. The highest BCUT2D eigenvalue weighted by Gasteiger charge is 2.36. The third-order valence-electron chi connectivity index (χ3n) is 4.92. The molecule has 2 aromatic rings. The van der Waals surface area contributed by atoms with Crippen LogP contribution < -0.4 is 10.1 Å². The van der Waals surface area contributed by atoms with E-state index in [2.05, 4.69) is 10.1 Å². The monoisotopic (exact) mass is 439 g/mol. The second-order valence-electron chi connectivity index (χ2n) is 7.08. The van der Waals surface area contributed by atoms with Crippen molar-refractivity contribution in [2.75, 3.05) is 13.7 Å². The van der Waals surface area contributed by atoms with E-state index < -0.39 is 18.2 Å². The Hall–Kier alpha value is -3.94. The van der Waals surface area contributed by atoms with Gasteiger partial charge in [-0.05, 0) is 25.5 Å². The van der Waals surface area contributed by atoms with E-state index in [1.54, 1.807) is 32.0 Å². The summed E-state index contributed by atoms with van der Waals surface area (Å²) in [6, 6.07) is 17.1. The minimum absolute atomic E-state index is 0.0844. The molecule has 1 aliphatic rings. The SMILES string of the molecule is COC(=O)OC1=C(C)NC(C)=C(OC(=O)O)C1c1ccccc1OCCc1ccccc1. The molecule has 8 heteroatoms. The van der Waals surface area contributed by atoms with Gasteiger partial charge in [-0.1, -0.05) is 48.5 Å². The molecule has 32 heavy (non-hydrogen) atoms. The molecule has 0 aromatic heterocycles. The van der Waals surface area contributed by atoms with Crippen LogP contribution in [-0.4, -0.2) is 31.1 Å². The van der Waals surface area contributed by atoms with Gasteiger partial charge in [-0.2, -0.15) is 0 Å². The molecule has 168 valence electrons. The van der Waals surface area contributed by atoms with Crippen LogP contribution in [0.4, 0.5) is 9.59 Å². The molecule has 0 saturated carbocycles. The summed E-state index contributed by atoms with van der Waals surface area (Å²) in [6.45, 7) is 3.80. The predicted molar refractivity (Wildman–Crippen MR) is 116 cm³/mol. The molecule has 8 nitrogen and oxygen atoms in total. The quantitative estimate of drug-likeness (QED) is 0.585. The number of carboxylic acid groups (broad SMARTS) is 1. The van der Waals surface area contributed by atoms with Gasteiger partial charge in [-0.15, -0.1) is 0 Å². The van der Waals surface area contributed by atoms with E-state index in [9.17, 15) is 14.7 Å². The minimum Gasteiger partial charge on any atom is -0.493 e. The number of methoxy groups -OCH3 is 1. The number of carbonyl (C=O) groups is 2. The molecular weight excluding hydrogens is 414 g/mol. The summed E-state index contributed by atoms with van der Waals surface area (Å²) in [5.41, 5.74) is 2.72. The summed E-state index contributed by atoms with van der Waals surface area (Å²) >= 11 is 0. The van der Waals surface area contributed by atoms with Crippen LogP contribution in [0.5, 0.6) is 5.75 Å². The van der Waals surface area contributed by atoms with Crippen LogP contribution in [0.2, 0.25) is 0 Å². The Bertz CT molecular complexity index is 1040. The molecule has 0 spiro atoms. The lowest BCUT2D eigenvalue weighted by atomic mass is 9.90. The van der Waals surface area contributed by atoms with Gasteiger partial charge in [0.05, 0.1) is 25.1 Å². The summed E-state index contributed by atoms with van der Waals surface area (Å²) in [6.07, 6.45) is -1.72. The maximum Gasteiger partial charge on any atom is 0.513 e. The molecule has 3 rings (SSSR count). The Morgan fingerprint density at radius 2 is 1.56 bits per heavy atom. The molecule has 1 heterocycles. The summed E-state index contributed by atoms with van der Waals surface area (Å²) in [7, 11) is 1.19. The average molecular weight is 439 g/mol. The van der Waals surface area contributed by atoms with Gasteiger partial charge in [-0.3, -0.25) is 0 Å². The first kappa shape index (κ1) is 22.7. The first-order chi connectivity index (χ1) is 15.4. The standard InChI is InChI=1S/C24H25NO7/c1-15-21(31-23(26)27)20(22(16(2)25-15)32-24(28)29-3)18-11-7-8-12-19(18)30-14-13-17-9-5-4-6-10-17/h4-12,20,25H,13-14H2,1-3H3,(H,26,27). The first-order valence-corrected chi connectivity index (χ1v) is 10.0. The number of benzene rings is 2. The molecule has 0 saturated heterocycles. The summed E-state index contributed by atoms with van der Waals surface area (Å²) in [5.74, 6) is -0.0633. The lowest BCUT2D eigenvalue weighted by Gasteiger charge is -2.30. The molecule has 1 aliphatic heterocycles. The van der Waals surface area contributed by atoms with Crippen LogP contribution in [0, 0.1) is 0 Å². The Morgan fingerprint density at radius 1 is 0.938 bits per heavy atom. The van der Waals surface area contributed by atoms with Gasteiger partial charge in [0, 0.05) is 12.0 Å².